The van der Waals surface area contributed by atoms with Crippen molar-refractivity contribution in [2.75, 3.05) is 33.2 Å². The Morgan fingerprint density at radius 3 is 2.41 bits per heavy atom. The van der Waals surface area contributed by atoms with Crippen molar-refractivity contribution in [3.05, 3.63) is 58.9 Å². The number of rotatable bonds is 7. The predicted molar refractivity (Wildman–Crippen MR) is 142 cm³/mol. The summed E-state index contributed by atoms with van der Waals surface area (Å²) in [5.74, 6) is 1.12. The van der Waals surface area contributed by atoms with Gasteiger partial charge in [0.15, 0.2) is 11.5 Å². The Morgan fingerprint density at radius 2 is 1.76 bits per heavy atom. The summed E-state index contributed by atoms with van der Waals surface area (Å²) < 4.78 is 19.3. The van der Waals surface area contributed by atoms with E-state index in [0.717, 1.165) is 46.4 Å². The number of nitrogens with one attached hydrogen (secondary N) is 1. The van der Waals surface area contributed by atoms with Gasteiger partial charge in [-0.2, -0.15) is 0 Å². The molecule has 0 fully saturated rings. The SMILES string of the molecule is COc1cc(OC)c([C@H]2C3=C(CN(C(C)=O)C3=O)Nc3cccc4c3c2cn4CCC(C)C)cc1OC. The van der Waals surface area contributed by atoms with Crippen molar-refractivity contribution in [3.8, 4) is 17.2 Å². The van der Waals surface area contributed by atoms with Crippen molar-refractivity contribution in [1.29, 1.82) is 0 Å². The Morgan fingerprint density at radius 1 is 1.05 bits per heavy atom. The van der Waals surface area contributed by atoms with Crippen LogP contribution in [0.4, 0.5) is 5.69 Å². The van der Waals surface area contributed by atoms with Crippen LogP contribution in [0.3, 0.4) is 0 Å². The minimum absolute atomic E-state index is 0.198. The third-order valence-electron chi connectivity index (χ3n) is 7.31. The molecule has 2 aromatic carbocycles. The van der Waals surface area contributed by atoms with Crippen LogP contribution in [0.1, 0.15) is 44.2 Å². The minimum Gasteiger partial charge on any atom is -0.496 e. The number of aromatic nitrogens is 1. The first-order chi connectivity index (χ1) is 17.8. The fraction of sp³-hybridized carbons (Fsp3) is 0.379. The summed E-state index contributed by atoms with van der Waals surface area (Å²) in [5.41, 5.74) is 5.04. The van der Waals surface area contributed by atoms with Crippen LogP contribution >= 0.6 is 0 Å². The standard InChI is InChI=1S/C29H33N3O5/c1-16(2)10-11-31-14-19-26(18-12-24(36-5)25(37-6)13-23(18)35-4)28-21(15-32(17(3)33)29(28)34)30-20-8-7-9-22(31)27(19)20/h7-9,12-14,16,26,30H,10-11,15H2,1-6H3/t26-/m1/s1. The molecule has 3 aromatic rings. The Bertz CT molecular complexity index is 1440. The quantitative estimate of drug-likeness (QED) is 0.493. The van der Waals surface area contributed by atoms with Crippen molar-refractivity contribution in [1.82, 2.24) is 9.47 Å². The van der Waals surface area contributed by atoms with E-state index in [-0.39, 0.29) is 18.4 Å². The van der Waals surface area contributed by atoms with Crippen LogP contribution in [0.15, 0.2) is 47.8 Å². The highest BCUT2D eigenvalue weighted by Crippen LogP contribution is 2.50. The summed E-state index contributed by atoms with van der Waals surface area (Å²) in [6.45, 7) is 6.90. The van der Waals surface area contributed by atoms with Crippen molar-refractivity contribution in [3.63, 3.8) is 0 Å². The lowest BCUT2D eigenvalue weighted by Gasteiger charge is -2.23. The van der Waals surface area contributed by atoms with E-state index < -0.39 is 5.92 Å². The fourth-order valence-electron chi connectivity index (χ4n) is 5.46. The van der Waals surface area contributed by atoms with E-state index in [1.165, 1.54) is 11.8 Å². The number of hydrogen-bond donors (Lipinski definition) is 1. The van der Waals surface area contributed by atoms with Crippen LogP contribution in [0, 0.1) is 5.92 Å². The van der Waals surface area contributed by atoms with Gasteiger partial charge in [0, 0.05) is 54.0 Å². The highest BCUT2D eigenvalue weighted by Gasteiger charge is 2.43. The molecule has 2 aliphatic rings. The van der Waals surface area contributed by atoms with E-state index in [2.05, 4.69) is 36.0 Å². The van der Waals surface area contributed by atoms with E-state index in [1.54, 1.807) is 27.4 Å². The van der Waals surface area contributed by atoms with Crippen molar-refractivity contribution in [2.45, 2.75) is 39.7 Å². The van der Waals surface area contributed by atoms with Crippen LogP contribution in [0.5, 0.6) is 17.2 Å². The maximum absolute atomic E-state index is 13.8. The van der Waals surface area contributed by atoms with Crippen LogP contribution < -0.4 is 19.5 Å². The number of benzene rings is 2. The molecule has 5 rings (SSSR count). The summed E-state index contributed by atoms with van der Waals surface area (Å²) in [6.07, 6.45) is 3.18. The zero-order chi connectivity index (χ0) is 26.4. The van der Waals surface area contributed by atoms with Crippen molar-refractivity contribution < 1.29 is 23.8 Å². The Labute approximate surface area is 216 Å². The predicted octanol–water partition coefficient (Wildman–Crippen LogP) is 4.91. The molecular formula is C29H33N3O5. The number of carbonyl (C=O) groups is 2. The van der Waals surface area contributed by atoms with Gasteiger partial charge in [0.05, 0.1) is 39.0 Å². The van der Waals surface area contributed by atoms with E-state index in [0.29, 0.717) is 28.7 Å². The maximum Gasteiger partial charge on any atom is 0.259 e. The van der Waals surface area contributed by atoms with Gasteiger partial charge >= 0.3 is 0 Å². The molecule has 0 saturated carbocycles. The molecule has 0 spiro atoms. The van der Waals surface area contributed by atoms with Gasteiger partial charge < -0.3 is 24.1 Å². The molecule has 0 aliphatic carbocycles. The average Bonchev–Trinajstić information content (AvgIpc) is 3.36. The molecule has 3 heterocycles. The first-order valence-corrected chi connectivity index (χ1v) is 12.5. The number of carbonyl (C=O) groups excluding carboxylic acids is 2. The summed E-state index contributed by atoms with van der Waals surface area (Å²) in [4.78, 5) is 27.5. The van der Waals surface area contributed by atoms with E-state index in [9.17, 15) is 9.59 Å². The normalized spacial score (nSPS) is 16.7. The fourth-order valence-corrected chi connectivity index (χ4v) is 5.46. The molecule has 8 heteroatoms. The van der Waals surface area contributed by atoms with E-state index in [4.69, 9.17) is 14.2 Å². The first-order valence-electron chi connectivity index (χ1n) is 12.5. The van der Waals surface area contributed by atoms with Crippen LogP contribution in [0.2, 0.25) is 0 Å². The Balaban J connectivity index is 1.81. The number of imide groups is 1. The van der Waals surface area contributed by atoms with Crippen LogP contribution in [-0.4, -0.2) is 49.2 Å². The minimum atomic E-state index is -0.486. The third kappa shape index (κ3) is 4.00. The molecule has 0 unspecified atom stereocenters. The number of hydrogen-bond acceptors (Lipinski definition) is 6. The molecule has 37 heavy (non-hydrogen) atoms. The largest absolute Gasteiger partial charge is 0.496 e. The summed E-state index contributed by atoms with van der Waals surface area (Å²) >= 11 is 0. The third-order valence-corrected chi connectivity index (χ3v) is 7.31. The number of anilines is 1. The first kappa shape index (κ1) is 24.7. The Kier molecular flexibility index (Phi) is 6.35. The summed E-state index contributed by atoms with van der Waals surface area (Å²) in [6, 6.07) is 9.83. The van der Waals surface area contributed by atoms with Crippen molar-refractivity contribution in [2.24, 2.45) is 5.92 Å². The summed E-state index contributed by atoms with van der Waals surface area (Å²) in [5, 5.41) is 4.58. The number of aryl methyl sites for hydroxylation is 1. The second kappa shape index (κ2) is 9.50. The monoisotopic (exact) mass is 503 g/mol. The van der Waals surface area contributed by atoms with E-state index in [1.807, 2.05) is 18.2 Å². The lowest BCUT2D eigenvalue weighted by atomic mass is 9.83. The zero-order valence-electron chi connectivity index (χ0n) is 22.2. The molecule has 8 nitrogen and oxygen atoms in total. The number of ether oxygens (including phenoxy) is 3. The van der Waals surface area contributed by atoms with Crippen molar-refractivity contribution >= 4 is 28.4 Å². The summed E-state index contributed by atoms with van der Waals surface area (Å²) in [7, 11) is 4.76. The molecule has 0 radical (unpaired) electrons. The molecule has 2 amide bonds. The van der Waals surface area contributed by atoms with Gasteiger partial charge in [-0.05, 0) is 36.1 Å². The van der Waals surface area contributed by atoms with Crippen LogP contribution in [0.25, 0.3) is 10.9 Å². The maximum atomic E-state index is 13.8. The zero-order valence-corrected chi connectivity index (χ0v) is 22.2. The molecule has 2 aliphatic heterocycles. The molecular weight excluding hydrogens is 470 g/mol. The number of nitrogens with zero attached hydrogens (tertiary/aromatic N) is 2. The van der Waals surface area contributed by atoms with Gasteiger partial charge in [0.25, 0.3) is 5.91 Å². The van der Waals surface area contributed by atoms with Gasteiger partial charge in [-0.3, -0.25) is 14.5 Å². The highest BCUT2D eigenvalue weighted by molar-refractivity contribution is 6.11. The highest BCUT2D eigenvalue weighted by atomic mass is 16.5. The number of methoxy groups -OCH3 is 3. The molecule has 1 aromatic heterocycles. The molecule has 0 saturated heterocycles. The van der Waals surface area contributed by atoms with Gasteiger partial charge in [0.2, 0.25) is 5.91 Å². The molecule has 0 bridgehead atoms. The molecule has 1 N–H and O–H groups in total. The lowest BCUT2D eigenvalue weighted by Crippen LogP contribution is -2.33. The topological polar surface area (TPSA) is 82.0 Å². The van der Waals surface area contributed by atoms with Crippen LogP contribution in [-0.2, 0) is 16.1 Å². The van der Waals surface area contributed by atoms with Gasteiger partial charge in [0.1, 0.15) is 5.75 Å². The number of amides is 2. The second-order valence-corrected chi connectivity index (χ2v) is 9.97. The molecule has 194 valence electrons. The van der Waals surface area contributed by atoms with Gasteiger partial charge in [-0.25, -0.2) is 0 Å². The van der Waals surface area contributed by atoms with E-state index >= 15 is 0 Å². The van der Waals surface area contributed by atoms with Gasteiger partial charge in [-0.15, -0.1) is 0 Å². The lowest BCUT2D eigenvalue weighted by molar-refractivity contribution is -0.139. The smallest absolute Gasteiger partial charge is 0.259 e. The molecule has 1 atom stereocenters. The van der Waals surface area contributed by atoms with Gasteiger partial charge in [-0.1, -0.05) is 19.9 Å². The second-order valence-electron chi connectivity index (χ2n) is 9.97. The average molecular weight is 504 g/mol. The Hall–Kier alpha value is -3.94.